The van der Waals surface area contributed by atoms with Crippen molar-refractivity contribution < 1.29 is 13.2 Å². The number of thioether (sulfide) groups is 1. The van der Waals surface area contributed by atoms with E-state index < -0.39 is 10.0 Å². The number of anilines is 1. The summed E-state index contributed by atoms with van der Waals surface area (Å²) >= 11 is 1.83. The average Bonchev–Trinajstić information content (AvgIpc) is 3.26. The molecule has 0 amide bonds. The van der Waals surface area contributed by atoms with E-state index in [1.165, 1.54) is 6.26 Å². The van der Waals surface area contributed by atoms with Crippen LogP contribution in [0.5, 0.6) is 0 Å². The topological polar surface area (TPSA) is 116 Å². The summed E-state index contributed by atoms with van der Waals surface area (Å²) in [5, 5.41) is 9.39. The van der Waals surface area contributed by atoms with Crippen LogP contribution in [0, 0.1) is 11.3 Å². The third-order valence-corrected chi connectivity index (χ3v) is 8.94. The fourth-order valence-electron chi connectivity index (χ4n) is 4.51. The van der Waals surface area contributed by atoms with E-state index in [4.69, 9.17) is 20.0 Å². The zero-order valence-electron chi connectivity index (χ0n) is 19.1. The van der Waals surface area contributed by atoms with Crippen LogP contribution >= 0.6 is 11.8 Å². The third-order valence-electron chi connectivity index (χ3n) is 6.33. The van der Waals surface area contributed by atoms with Gasteiger partial charge in [-0.1, -0.05) is 0 Å². The van der Waals surface area contributed by atoms with Crippen LogP contribution in [0.2, 0.25) is 0 Å². The Labute approximate surface area is 204 Å². The third kappa shape index (κ3) is 5.04. The number of nitriles is 1. The number of hydrogen-bond donors (Lipinski definition) is 0. The Morgan fingerprint density at radius 3 is 2.56 bits per heavy atom. The molecule has 34 heavy (non-hydrogen) atoms. The first-order chi connectivity index (χ1) is 16.4. The molecule has 1 atom stereocenters. The van der Waals surface area contributed by atoms with Gasteiger partial charge >= 0.3 is 0 Å². The highest BCUT2D eigenvalue weighted by Gasteiger charge is 2.33. The molecule has 3 aliphatic heterocycles. The minimum Gasteiger partial charge on any atom is -0.378 e. The van der Waals surface area contributed by atoms with Crippen LogP contribution in [-0.4, -0.2) is 103 Å². The number of hydrogen-bond acceptors (Lipinski definition) is 10. The van der Waals surface area contributed by atoms with Crippen molar-refractivity contribution in [2.45, 2.75) is 16.6 Å². The quantitative estimate of drug-likeness (QED) is 0.584. The van der Waals surface area contributed by atoms with Crippen LogP contribution in [0.1, 0.15) is 11.4 Å². The Hall–Kier alpha value is -2.30. The fraction of sp³-hybridized carbons (Fsp3) is 0.545. The van der Waals surface area contributed by atoms with Crippen molar-refractivity contribution in [2.75, 3.05) is 70.2 Å². The van der Waals surface area contributed by atoms with Crippen molar-refractivity contribution in [3.05, 3.63) is 29.7 Å². The lowest BCUT2D eigenvalue weighted by Gasteiger charge is -2.34. The van der Waals surface area contributed by atoms with Crippen LogP contribution in [0.4, 0.5) is 5.82 Å². The fourth-order valence-corrected chi connectivity index (χ4v) is 6.74. The molecule has 0 spiro atoms. The second-order valence-corrected chi connectivity index (χ2v) is 12.0. The molecule has 2 aromatic heterocycles. The molecular formula is C22H27N7O3S2. The first-order valence-corrected chi connectivity index (χ1v) is 14.1. The lowest BCUT2D eigenvalue weighted by Crippen LogP contribution is -2.49. The first-order valence-electron chi connectivity index (χ1n) is 11.3. The van der Waals surface area contributed by atoms with Gasteiger partial charge in [-0.05, 0) is 12.1 Å². The molecular weight excluding hydrogens is 474 g/mol. The maximum Gasteiger partial charge on any atom is 0.211 e. The lowest BCUT2D eigenvalue weighted by molar-refractivity contribution is 0.122. The SMILES string of the molecule is CS(=O)(=O)N1CCN(CC2Cc3nc(-c4ccc(C#N)nc4)nc(N4CCOCC4)c3S2)CC1. The Balaban J connectivity index is 1.36. The standard InChI is InChI=1S/C22H27N7O3S2/c1-34(30,31)29-6-4-27(5-7-29)15-18-12-19-20(33-18)22(28-8-10-32-11-9-28)26-21(25-19)16-2-3-17(13-23)24-14-16/h2-3,14,18H,4-12,15H2,1H3. The van der Waals surface area contributed by atoms with Gasteiger partial charge in [0.1, 0.15) is 17.6 Å². The smallest absolute Gasteiger partial charge is 0.211 e. The number of sulfonamides is 1. The molecule has 0 saturated carbocycles. The van der Waals surface area contributed by atoms with Crippen molar-refractivity contribution in [3.63, 3.8) is 0 Å². The summed E-state index contributed by atoms with van der Waals surface area (Å²) in [6.45, 7) is 6.36. The summed E-state index contributed by atoms with van der Waals surface area (Å²) in [4.78, 5) is 19.8. The van der Waals surface area contributed by atoms with Crippen molar-refractivity contribution >= 4 is 27.6 Å². The monoisotopic (exact) mass is 501 g/mol. The van der Waals surface area contributed by atoms with Gasteiger partial charge in [0.05, 0.1) is 30.1 Å². The van der Waals surface area contributed by atoms with Crippen molar-refractivity contribution in [3.8, 4) is 17.5 Å². The Kier molecular flexibility index (Phi) is 6.72. The maximum atomic E-state index is 11.8. The number of ether oxygens (including phenoxy) is 1. The van der Waals surface area contributed by atoms with Gasteiger partial charge in [-0.3, -0.25) is 4.90 Å². The number of nitrogens with zero attached hydrogens (tertiary/aromatic N) is 7. The molecule has 12 heteroatoms. The molecule has 0 N–H and O–H groups in total. The minimum absolute atomic E-state index is 0.336. The first kappa shape index (κ1) is 23.4. The molecule has 0 radical (unpaired) electrons. The highest BCUT2D eigenvalue weighted by Crippen LogP contribution is 2.43. The van der Waals surface area contributed by atoms with Gasteiger partial charge in [-0.2, -0.15) is 9.57 Å². The zero-order valence-corrected chi connectivity index (χ0v) is 20.7. The number of pyridine rings is 1. The van der Waals surface area contributed by atoms with Gasteiger partial charge in [0.2, 0.25) is 10.0 Å². The van der Waals surface area contributed by atoms with E-state index in [1.807, 2.05) is 23.9 Å². The Morgan fingerprint density at radius 2 is 1.91 bits per heavy atom. The van der Waals surface area contributed by atoms with Crippen molar-refractivity contribution in [1.29, 1.82) is 5.26 Å². The predicted octanol–water partition coefficient (Wildman–Crippen LogP) is 0.841. The Morgan fingerprint density at radius 1 is 1.15 bits per heavy atom. The summed E-state index contributed by atoms with van der Waals surface area (Å²) in [6.07, 6.45) is 3.77. The van der Waals surface area contributed by atoms with Crippen LogP contribution in [-0.2, 0) is 21.2 Å². The van der Waals surface area contributed by atoms with Crippen LogP contribution in [0.25, 0.3) is 11.4 Å². The molecule has 3 aliphatic rings. The van der Waals surface area contributed by atoms with E-state index >= 15 is 0 Å². The minimum atomic E-state index is -3.13. The van der Waals surface area contributed by atoms with Gasteiger partial charge in [0, 0.05) is 69.2 Å². The molecule has 0 aliphatic carbocycles. The number of piperazine rings is 1. The number of rotatable bonds is 5. The molecule has 2 saturated heterocycles. The second kappa shape index (κ2) is 9.75. The molecule has 1 unspecified atom stereocenters. The van der Waals surface area contributed by atoms with Crippen LogP contribution in [0.3, 0.4) is 0 Å². The van der Waals surface area contributed by atoms with Gasteiger partial charge in [-0.25, -0.2) is 23.4 Å². The number of fused-ring (bicyclic) bond motifs is 1. The maximum absolute atomic E-state index is 11.8. The lowest BCUT2D eigenvalue weighted by atomic mass is 10.2. The summed E-state index contributed by atoms with van der Waals surface area (Å²) in [5.74, 6) is 1.57. The highest BCUT2D eigenvalue weighted by molar-refractivity contribution is 8.00. The largest absolute Gasteiger partial charge is 0.378 e. The zero-order chi connectivity index (χ0) is 23.7. The summed E-state index contributed by atoms with van der Waals surface area (Å²) in [5.41, 5.74) is 2.20. The van der Waals surface area contributed by atoms with Crippen LogP contribution < -0.4 is 4.90 Å². The van der Waals surface area contributed by atoms with Crippen LogP contribution in [0.15, 0.2) is 23.2 Å². The van der Waals surface area contributed by atoms with E-state index in [0.717, 1.165) is 61.1 Å². The molecule has 5 heterocycles. The van der Waals surface area contributed by atoms with E-state index in [-0.39, 0.29) is 0 Å². The van der Waals surface area contributed by atoms with Gasteiger partial charge in [0.25, 0.3) is 0 Å². The van der Waals surface area contributed by atoms with E-state index in [9.17, 15) is 8.42 Å². The number of aromatic nitrogens is 3. The molecule has 0 bridgehead atoms. The summed E-state index contributed by atoms with van der Waals surface area (Å²) in [7, 11) is -3.13. The molecule has 10 nitrogen and oxygen atoms in total. The van der Waals surface area contributed by atoms with Gasteiger partial charge in [-0.15, -0.1) is 11.8 Å². The predicted molar refractivity (Wildman–Crippen MR) is 129 cm³/mol. The Bertz CT molecular complexity index is 1190. The summed E-state index contributed by atoms with van der Waals surface area (Å²) < 4.78 is 30.7. The molecule has 180 valence electrons. The van der Waals surface area contributed by atoms with E-state index in [0.29, 0.717) is 43.1 Å². The second-order valence-electron chi connectivity index (χ2n) is 8.70. The van der Waals surface area contributed by atoms with Crippen molar-refractivity contribution in [1.82, 2.24) is 24.2 Å². The van der Waals surface area contributed by atoms with Gasteiger partial charge < -0.3 is 9.64 Å². The van der Waals surface area contributed by atoms with E-state index in [1.54, 1.807) is 16.6 Å². The highest BCUT2D eigenvalue weighted by atomic mass is 32.2. The molecule has 2 fully saturated rings. The average molecular weight is 502 g/mol. The van der Waals surface area contributed by atoms with E-state index in [2.05, 4.69) is 14.8 Å². The molecule has 5 rings (SSSR count). The van der Waals surface area contributed by atoms with Gasteiger partial charge in [0.15, 0.2) is 5.82 Å². The molecule has 0 aromatic carbocycles. The normalized spacial score (nSPS) is 21.9. The summed E-state index contributed by atoms with van der Waals surface area (Å²) in [6, 6.07) is 5.58. The number of morpholine rings is 1. The van der Waals surface area contributed by atoms with Crippen molar-refractivity contribution in [2.24, 2.45) is 0 Å². The molecule has 2 aromatic rings.